The van der Waals surface area contributed by atoms with Crippen LogP contribution in [-0.4, -0.2) is 32.4 Å². The van der Waals surface area contributed by atoms with Crippen molar-refractivity contribution in [3.8, 4) is 5.75 Å². The van der Waals surface area contributed by atoms with Crippen molar-refractivity contribution in [2.75, 3.05) is 26.1 Å². The quantitative estimate of drug-likeness (QED) is 0.506. The number of benzene rings is 1. The van der Waals surface area contributed by atoms with E-state index < -0.39 is 0 Å². The molecule has 0 atom stereocenters. The summed E-state index contributed by atoms with van der Waals surface area (Å²) in [6.45, 7) is 5.34. The van der Waals surface area contributed by atoms with Crippen molar-refractivity contribution in [2.24, 2.45) is 0 Å². The largest absolute Gasteiger partial charge is 0.496 e. The monoisotopic (exact) mass is 270 g/mol. The second-order valence-electron chi connectivity index (χ2n) is 3.63. The number of para-hydroxylation sites is 1. The molecule has 102 valence electrons. The molecular weight excluding hydrogens is 248 g/mol. The molecule has 0 aliphatic rings. The van der Waals surface area contributed by atoms with Gasteiger partial charge in [0.2, 0.25) is 0 Å². The van der Waals surface area contributed by atoms with Gasteiger partial charge in [-0.2, -0.15) is 0 Å². The summed E-state index contributed by atoms with van der Waals surface area (Å²) < 4.78 is 16.3. The fourth-order valence-electron chi connectivity index (χ4n) is 1.59. The SMILES string of the molecule is CCOC(CCSc1ccccc1OC)OCC. The van der Waals surface area contributed by atoms with Crippen molar-refractivity contribution >= 4 is 11.8 Å². The predicted octanol–water partition coefficient (Wildman–Crippen LogP) is 3.58. The lowest BCUT2D eigenvalue weighted by Crippen LogP contribution is -2.18. The van der Waals surface area contributed by atoms with E-state index in [4.69, 9.17) is 14.2 Å². The number of hydrogen-bond acceptors (Lipinski definition) is 4. The lowest BCUT2D eigenvalue weighted by molar-refractivity contribution is -0.136. The number of thioether (sulfide) groups is 1. The summed E-state index contributed by atoms with van der Waals surface area (Å²) in [5.74, 6) is 1.87. The minimum atomic E-state index is -0.0952. The fourth-order valence-corrected chi connectivity index (χ4v) is 2.59. The van der Waals surface area contributed by atoms with Gasteiger partial charge in [-0.15, -0.1) is 11.8 Å². The first kappa shape index (κ1) is 15.3. The molecule has 0 amide bonds. The van der Waals surface area contributed by atoms with Gasteiger partial charge in [-0.05, 0) is 26.0 Å². The molecule has 1 aromatic carbocycles. The molecule has 0 saturated carbocycles. The molecule has 0 saturated heterocycles. The first-order valence-corrected chi connectivity index (χ1v) is 7.29. The average molecular weight is 270 g/mol. The van der Waals surface area contributed by atoms with Gasteiger partial charge in [0, 0.05) is 30.3 Å². The standard InChI is InChI=1S/C14H22O3S/c1-4-16-14(17-5-2)10-11-18-13-9-7-6-8-12(13)15-3/h6-9,14H,4-5,10-11H2,1-3H3. The molecular formula is C14H22O3S. The third-order valence-electron chi connectivity index (χ3n) is 2.39. The third kappa shape index (κ3) is 5.29. The number of rotatable bonds is 9. The summed E-state index contributed by atoms with van der Waals surface area (Å²) in [4.78, 5) is 1.16. The highest BCUT2D eigenvalue weighted by Gasteiger charge is 2.09. The maximum atomic E-state index is 5.51. The Labute approximate surface area is 114 Å². The third-order valence-corrected chi connectivity index (χ3v) is 3.47. The first-order valence-electron chi connectivity index (χ1n) is 6.30. The van der Waals surface area contributed by atoms with Crippen molar-refractivity contribution in [1.29, 1.82) is 0 Å². The van der Waals surface area contributed by atoms with Crippen LogP contribution in [0.1, 0.15) is 20.3 Å². The second-order valence-corrected chi connectivity index (χ2v) is 4.76. The molecule has 1 rings (SSSR count). The van der Waals surface area contributed by atoms with Gasteiger partial charge in [0.1, 0.15) is 5.75 Å². The Morgan fingerprint density at radius 1 is 1.11 bits per heavy atom. The van der Waals surface area contributed by atoms with Crippen LogP contribution in [0.4, 0.5) is 0 Å². The molecule has 0 aliphatic heterocycles. The van der Waals surface area contributed by atoms with E-state index in [0.717, 1.165) is 22.8 Å². The summed E-state index contributed by atoms with van der Waals surface area (Å²) in [5, 5.41) is 0. The summed E-state index contributed by atoms with van der Waals surface area (Å²) in [5.41, 5.74) is 0. The Kier molecular flexibility index (Phi) is 7.89. The van der Waals surface area contributed by atoms with E-state index >= 15 is 0 Å². The molecule has 0 heterocycles. The zero-order valence-corrected chi connectivity index (χ0v) is 12.2. The Morgan fingerprint density at radius 3 is 2.39 bits per heavy atom. The zero-order valence-electron chi connectivity index (χ0n) is 11.3. The van der Waals surface area contributed by atoms with Crippen molar-refractivity contribution in [3.63, 3.8) is 0 Å². The number of hydrogen-bond donors (Lipinski definition) is 0. The van der Waals surface area contributed by atoms with Crippen molar-refractivity contribution in [2.45, 2.75) is 31.5 Å². The highest BCUT2D eigenvalue weighted by Crippen LogP contribution is 2.29. The van der Waals surface area contributed by atoms with Crippen LogP contribution in [0.2, 0.25) is 0 Å². The van der Waals surface area contributed by atoms with E-state index in [-0.39, 0.29) is 6.29 Å². The lowest BCUT2D eigenvalue weighted by Gasteiger charge is -2.16. The van der Waals surface area contributed by atoms with Crippen molar-refractivity contribution in [3.05, 3.63) is 24.3 Å². The van der Waals surface area contributed by atoms with Crippen LogP contribution in [0.15, 0.2) is 29.2 Å². The highest BCUT2D eigenvalue weighted by atomic mass is 32.2. The molecule has 0 aliphatic carbocycles. The van der Waals surface area contributed by atoms with Crippen molar-refractivity contribution in [1.82, 2.24) is 0 Å². The average Bonchev–Trinajstić information content (AvgIpc) is 2.40. The number of ether oxygens (including phenoxy) is 3. The smallest absolute Gasteiger partial charge is 0.158 e. The molecule has 1 aromatic rings. The van der Waals surface area contributed by atoms with Crippen molar-refractivity contribution < 1.29 is 14.2 Å². The van der Waals surface area contributed by atoms with Crippen LogP contribution >= 0.6 is 11.8 Å². The van der Waals surface area contributed by atoms with E-state index in [0.29, 0.717) is 13.2 Å². The fraction of sp³-hybridized carbons (Fsp3) is 0.571. The van der Waals surface area contributed by atoms with Crippen LogP contribution in [0.5, 0.6) is 5.75 Å². The van der Waals surface area contributed by atoms with E-state index in [9.17, 15) is 0 Å². The molecule has 18 heavy (non-hydrogen) atoms. The molecule has 0 unspecified atom stereocenters. The van der Waals surface area contributed by atoms with E-state index in [1.165, 1.54) is 0 Å². The maximum absolute atomic E-state index is 5.51. The first-order chi connectivity index (χ1) is 8.81. The van der Waals surface area contributed by atoms with Gasteiger partial charge in [-0.25, -0.2) is 0 Å². The summed E-state index contributed by atoms with van der Waals surface area (Å²) in [7, 11) is 1.70. The molecule has 0 N–H and O–H groups in total. The van der Waals surface area contributed by atoms with Crippen LogP contribution < -0.4 is 4.74 Å². The van der Waals surface area contributed by atoms with Crippen LogP contribution in [0, 0.1) is 0 Å². The molecule has 0 radical (unpaired) electrons. The van der Waals surface area contributed by atoms with Crippen LogP contribution in [0.25, 0.3) is 0 Å². The highest BCUT2D eigenvalue weighted by molar-refractivity contribution is 7.99. The Hall–Kier alpha value is -0.710. The van der Waals surface area contributed by atoms with Gasteiger partial charge in [0.15, 0.2) is 6.29 Å². The molecule has 0 aromatic heterocycles. The van der Waals surface area contributed by atoms with Gasteiger partial charge < -0.3 is 14.2 Å². The Bertz CT molecular complexity index is 325. The number of methoxy groups -OCH3 is 1. The topological polar surface area (TPSA) is 27.7 Å². The summed E-state index contributed by atoms with van der Waals surface area (Å²) in [6.07, 6.45) is 0.784. The van der Waals surface area contributed by atoms with Gasteiger partial charge in [0.05, 0.1) is 7.11 Å². The minimum Gasteiger partial charge on any atom is -0.496 e. The molecule has 0 bridgehead atoms. The summed E-state index contributed by atoms with van der Waals surface area (Å²) >= 11 is 1.77. The minimum absolute atomic E-state index is 0.0952. The van der Waals surface area contributed by atoms with Crippen LogP contribution in [-0.2, 0) is 9.47 Å². The molecule has 0 spiro atoms. The van der Waals surface area contributed by atoms with E-state index in [1.54, 1.807) is 18.9 Å². The lowest BCUT2D eigenvalue weighted by atomic mass is 10.3. The second kappa shape index (κ2) is 9.25. The van der Waals surface area contributed by atoms with Crippen LogP contribution in [0.3, 0.4) is 0 Å². The zero-order chi connectivity index (χ0) is 13.2. The predicted molar refractivity (Wildman–Crippen MR) is 75.4 cm³/mol. The van der Waals surface area contributed by atoms with E-state index in [2.05, 4.69) is 6.07 Å². The molecule has 4 heteroatoms. The summed E-state index contributed by atoms with van der Waals surface area (Å²) in [6, 6.07) is 8.05. The van der Waals surface area contributed by atoms with E-state index in [1.807, 2.05) is 32.0 Å². The Balaban J connectivity index is 2.39. The molecule has 0 fully saturated rings. The maximum Gasteiger partial charge on any atom is 0.158 e. The molecule has 3 nitrogen and oxygen atoms in total. The van der Waals surface area contributed by atoms with Gasteiger partial charge in [-0.1, -0.05) is 12.1 Å². The Morgan fingerprint density at radius 2 is 1.78 bits per heavy atom. The van der Waals surface area contributed by atoms with Gasteiger partial charge >= 0.3 is 0 Å². The normalized spacial score (nSPS) is 10.9. The van der Waals surface area contributed by atoms with Gasteiger partial charge in [-0.3, -0.25) is 0 Å². The van der Waals surface area contributed by atoms with Gasteiger partial charge in [0.25, 0.3) is 0 Å².